The van der Waals surface area contributed by atoms with Crippen molar-refractivity contribution in [2.75, 3.05) is 31.7 Å². The molecule has 2 aromatic carbocycles. The highest BCUT2D eigenvalue weighted by Crippen LogP contribution is 2.46. The maximum absolute atomic E-state index is 13.4. The van der Waals surface area contributed by atoms with E-state index >= 15 is 0 Å². The van der Waals surface area contributed by atoms with Crippen LogP contribution in [0.25, 0.3) is 11.0 Å². The number of benzene rings is 2. The highest BCUT2D eigenvalue weighted by molar-refractivity contribution is 5.80. The van der Waals surface area contributed by atoms with E-state index in [1.54, 1.807) is 19.2 Å². The van der Waals surface area contributed by atoms with Gasteiger partial charge in [0.1, 0.15) is 17.3 Å². The summed E-state index contributed by atoms with van der Waals surface area (Å²) in [5.74, 6) is 0.901. The van der Waals surface area contributed by atoms with Crippen molar-refractivity contribution in [3.63, 3.8) is 0 Å². The number of aromatic hydroxyl groups is 1. The molecular formula is C22H24FN2O4. The van der Waals surface area contributed by atoms with Gasteiger partial charge in [0.25, 0.3) is 0 Å². The Morgan fingerprint density at radius 1 is 1.34 bits per heavy atom. The Hall–Kier alpha value is -2.96. The molecule has 0 spiro atoms. The van der Waals surface area contributed by atoms with Crippen LogP contribution >= 0.6 is 0 Å². The number of piperidine rings is 1. The zero-order valence-corrected chi connectivity index (χ0v) is 16.6. The summed E-state index contributed by atoms with van der Waals surface area (Å²) in [4.78, 5) is 2.16. The molecule has 1 aliphatic rings. The molecule has 1 fully saturated rings. The second kappa shape index (κ2) is 8.19. The average Bonchev–Trinajstić information content (AvgIpc) is 3.15. The maximum atomic E-state index is 13.4. The molecule has 0 atom stereocenters. The Bertz CT molecular complexity index is 996. The second-order valence-electron chi connectivity index (χ2n) is 7.20. The van der Waals surface area contributed by atoms with Crippen molar-refractivity contribution in [3.8, 4) is 17.2 Å². The van der Waals surface area contributed by atoms with Crippen LogP contribution in [0.5, 0.6) is 17.2 Å². The van der Waals surface area contributed by atoms with Crippen molar-refractivity contribution in [2.24, 2.45) is 0 Å². The van der Waals surface area contributed by atoms with E-state index in [9.17, 15) is 9.50 Å². The molecule has 0 saturated carbocycles. The molecule has 3 aromatic rings. The molecule has 4 rings (SSSR count). The minimum atomic E-state index is -0.331. The first-order valence-corrected chi connectivity index (χ1v) is 9.86. The molecule has 1 aromatic heterocycles. The standard InChI is InChI=1S/C22H24FN2O4/c1-3-12-28-22-17(26)6-7-18(27-2)21(22)25-10-8-14(9-11-25)20-16-5-4-15(23)13-19(16)29-24-20/h4-5,7,13-14,26H,3,8-12H2,1-2H3. The lowest BCUT2D eigenvalue weighted by Gasteiger charge is -2.34. The summed E-state index contributed by atoms with van der Waals surface area (Å²) in [6.45, 7) is 3.99. The Balaban J connectivity index is 1.57. The van der Waals surface area contributed by atoms with Crippen molar-refractivity contribution in [1.82, 2.24) is 5.16 Å². The van der Waals surface area contributed by atoms with E-state index in [2.05, 4.69) is 16.1 Å². The molecule has 0 unspecified atom stereocenters. The third-order valence-corrected chi connectivity index (χ3v) is 5.33. The molecule has 153 valence electrons. The number of ether oxygens (including phenoxy) is 2. The molecule has 1 radical (unpaired) electrons. The predicted molar refractivity (Wildman–Crippen MR) is 107 cm³/mol. The zero-order valence-electron chi connectivity index (χ0n) is 16.6. The first-order chi connectivity index (χ1) is 14.1. The lowest BCUT2D eigenvalue weighted by atomic mass is 9.91. The van der Waals surface area contributed by atoms with Crippen LogP contribution in [0.15, 0.2) is 28.8 Å². The van der Waals surface area contributed by atoms with Gasteiger partial charge in [-0.25, -0.2) is 4.39 Å². The number of hydrogen-bond acceptors (Lipinski definition) is 6. The summed E-state index contributed by atoms with van der Waals surface area (Å²) in [6, 6.07) is 8.96. The van der Waals surface area contributed by atoms with Gasteiger partial charge in [0, 0.05) is 36.5 Å². The topological polar surface area (TPSA) is 68.0 Å². The Kier molecular flexibility index (Phi) is 5.47. The van der Waals surface area contributed by atoms with Gasteiger partial charge in [-0.05, 0) is 37.5 Å². The number of aromatic nitrogens is 1. The summed E-state index contributed by atoms with van der Waals surface area (Å²) >= 11 is 0. The number of phenolic OH excluding ortho intramolecular Hbond substituents is 1. The molecule has 29 heavy (non-hydrogen) atoms. The molecule has 1 saturated heterocycles. The minimum absolute atomic E-state index is 0.0131. The van der Waals surface area contributed by atoms with Gasteiger partial charge in [-0.3, -0.25) is 0 Å². The number of hydrogen-bond donors (Lipinski definition) is 1. The molecule has 0 bridgehead atoms. The number of methoxy groups -OCH3 is 1. The van der Waals surface area contributed by atoms with Gasteiger partial charge in [-0.2, -0.15) is 0 Å². The molecule has 6 nitrogen and oxygen atoms in total. The smallest absolute Gasteiger partial charge is 0.188 e. The number of phenols is 1. The van der Waals surface area contributed by atoms with Crippen LogP contribution in [-0.4, -0.2) is 37.1 Å². The van der Waals surface area contributed by atoms with Crippen molar-refractivity contribution in [3.05, 3.63) is 41.8 Å². The fraction of sp³-hybridized carbons (Fsp3) is 0.409. The van der Waals surface area contributed by atoms with Crippen LogP contribution in [-0.2, 0) is 0 Å². The third-order valence-electron chi connectivity index (χ3n) is 5.33. The molecule has 7 heteroatoms. The van der Waals surface area contributed by atoms with E-state index in [1.807, 2.05) is 6.92 Å². The van der Waals surface area contributed by atoms with E-state index in [0.717, 1.165) is 49.1 Å². The van der Waals surface area contributed by atoms with E-state index in [-0.39, 0.29) is 17.5 Å². The van der Waals surface area contributed by atoms with Gasteiger partial charge < -0.3 is 24.0 Å². The molecule has 1 aliphatic heterocycles. The predicted octanol–water partition coefficient (Wildman–Crippen LogP) is 4.65. The van der Waals surface area contributed by atoms with Crippen molar-refractivity contribution in [2.45, 2.75) is 32.1 Å². The molecule has 1 N–H and O–H groups in total. The number of halogens is 1. The summed E-state index contributed by atoms with van der Waals surface area (Å²) in [5, 5.41) is 15.4. The van der Waals surface area contributed by atoms with Gasteiger partial charge in [-0.1, -0.05) is 12.1 Å². The van der Waals surface area contributed by atoms with Crippen molar-refractivity contribution in [1.29, 1.82) is 0 Å². The molecule has 2 heterocycles. The molecule has 0 amide bonds. The Morgan fingerprint density at radius 3 is 2.86 bits per heavy atom. The minimum Gasteiger partial charge on any atom is -0.504 e. The summed E-state index contributed by atoms with van der Waals surface area (Å²) < 4.78 is 30.1. The SMILES string of the molecule is CCCOc1c(O)[c]cc(OC)c1N1CCC(c2noc3cc(F)ccc23)CC1. The second-order valence-corrected chi connectivity index (χ2v) is 7.20. The van der Waals surface area contributed by atoms with Crippen LogP contribution < -0.4 is 14.4 Å². The number of rotatable bonds is 6. The highest BCUT2D eigenvalue weighted by Gasteiger charge is 2.29. The Labute approximate surface area is 168 Å². The van der Waals surface area contributed by atoms with Gasteiger partial charge in [0.15, 0.2) is 17.1 Å². The lowest BCUT2D eigenvalue weighted by molar-refractivity contribution is 0.296. The van der Waals surface area contributed by atoms with Gasteiger partial charge in [-0.15, -0.1) is 0 Å². The average molecular weight is 399 g/mol. The number of fused-ring (bicyclic) bond motifs is 1. The van der Waals surface area contributed by atoms with E-state index in [4.69, 9.17) is 14.0 Å². The fourth-order valence-electron chi connectivity index (χ4n) is 3.89. The van der Waals surface area contributed by atoms with Crippen LogP contribution in [0.4, 0.5) is 10.1 Å². The molecule has 0 aliphatic carbocycles. The van der Waals surface area contributed by atoms with Crippen LogP contribution in [0.2, 0.25) is 0 Å². The van der Waals surface area contributed by atoms with Gasteiger partial charge >= 0.3 is 0 Å². The first-order valence-electron chi connectivity index (χ1n) is 9.86. The largest absolute Gasteiger partial charge is 0.504 e. The zero-order chi connectivity index (χ0) is 20.4. The highest BCUT2D eigenvalue weighted by atomic mass is 19.1. The summed E-state index contributed by atoms with van der Waals surface area (Å²) in [7, 11) is 1.60. The van der Waals surface area contributed by atoms with Gasteiger partial charge in [0.2, 0.25) is 0 Å². The van der Waals surface area contributed by atoms with E-state index in [0.29, 0.717) is 23.7 Å². The summed E-state index contributed by atoms with van der Waals surface area (Å²) in [5.41, 5.74) is 2.10. The quantitative estimate of drug-likeness (QED) is 0.651. The monoisotopic (exact) mass is 399 g/mol. The summed E-state index contributed by atoms with van der Waals surface area (Å²) in [6.07, 6.45) is 2.52. The van der Waals surface area contributed by atoms with Crippen molar-refractivity contribution >= 4 is 16.7 Å². The number of anilines is 1. The van der Waals surface area contributed by atoms with Gasteiger partial charge in [0.05, 0.1) is 19.4 Å². The van der Waals surface area contributed by atoms with Crippen LogP contribution in [0.3, 0.4) is 0 Å². The van der Waals surface area contributed by atoms with Crippen LogP contribution in [0.1, 0.15) is 37.8 Å². The van der Waals surface area contributed by atoms with Crippen LogP contribution in [0, 0.1) is 11.9 Å². The maximum Gasteiger partial charge on any atom is 0.188 e. The van der Waals surface area contributed by atoms with E-state index < -0.39 is 0 Å². The normalized spacial score (nSPS) is 15.1. The molecular weight excluding hydrogens is 375 g/mol. The Morgan fingerprint density at radius 2 is 2.14 bits per heavy atom. The third kappa shape index (κ3) is 3.69. The number of nitrogens with zero attached hydrogens (tertiary/aromatic N) is 2. The lowest BCUT2D eigenvalue weighted by Crippen LogP contribution is -2.33. The fourth-order valence-corrected chi connectivity index (χ4v) is 3.89. The first kappa shape index (κ1) is 19.4. The van der Waals surface area contributed by atoms with Crippen molar-refractivity contribution < 1.29 is 23.5 Å². The van der Waals surface area contributed by atoms with E-state index in [1.165, 1.54) is 12.1 Å².